The minimum atomic E-state index is -0.426. The van der Waals surface area contributed by atoms with Crippen LogP contribution in [0.15, 0.2) is 104 Å². The lowest BCUT2D eigenvalue weighted by molar-refractivity contribution is -0.696. The summed E-state index contributed by atoms with van der Waals surface area (Å²) in [6.45, 7) is 3.31. The van der Waals surface area contributed by atoms with Crippen molar-refractivity contribution >= 4 is 18.5 Å². The number of halogens is 1. The number of nitrogens with zero attached hydrogens (tertiary/aromatic N) is 2. The number of rotatable bonds is 8. The second-order valence-electron chi connectivity index (χ2n) is 7.34. The van der Waals surface area contributed by atoms with E-state index < -0.39 is 7.92 Å². The largest absolute Gasteiger partial charge is 1.00 e. The van der Waals surface area contributed by atoms with Gasteiger partial charge in [0, 0.05) is 6.16 Å². The summed E-state index contributed by atoms with van der Waals surface area (Å²) >= 11 is 0. The summed E-state index contributed by atoms with van der Waals surface area (Å²) in [6.07, 6.45) is 10.0. The summed E-state index contributed by atoms with van der Waals surface area (Å²) < 4.78 is 4.50. The van der Waals surface area contributed by atoms with E-state index >= 15 is 0 Å². The van der Waals surface area contributed by atoms with Crippen molar-refractivity contribution in [2.45, 2.75) is 32.5 Å². The molecule has 4 heteroatoms. The van der Waals surface area contributed by atoms with Crippen LogP contribution in [0.5, 0.6) is 0 Å². The molecule has 0 unspecified atom stereocenters. The highest BCUT2D eigenvalue weighted by atomic mass is 79.9. The fraction of sp³-hybridized carbons (Fsp3) is 0.192. The molecular formula is C26H28BrN2P. The Hall–Kier alpha value is -2.22. The molecule has 0 saturated carbocycles. The predicted molar refractivity (Wildman–Crippen MR) is 124 cm³/mol. The molecule has 0 atom stereocenters. The van der Waals surface area contributed by atoms with Crippen LogP contribution in [0.1, 0.15) is 25.3 Å². The molecule has 1 aromatic heterocycles. The Morgan fingerprint density at radius 3 is 2.13 bits per heavy atom. The monoisotopic (exact) mass is 478 g/mol. The number of hydrogen-bond donors (Lipinski definition) is 0. The van der Waals surface area contributed by atoms with Gasteiger partial charge in [-0.15, -0.1) is 0 Å². The van der Waals surface area contributed by atoms with Crippen molar-refractivity contribution < 1.29 is 21.5 Å². The van der Waals surface area contributed by atoms with Gasteiger partial charge >= 0.3 is 0 Å². The van der Waals surface area contributed by atoms with E-state index in [0.717, 1.165) is 12.7 Å². The third-order valence-electron chi connectivity index (χ3n) is 5.15. The first-order valence-electron chi connectivity index (χ1n) is 10.4. The molecule has 3 aromatic carbocycles. The number of hydrogen-bond acceptors (Lipinski definition) is 0. The zero-order valence-corrected chi connectivity index (χ0v) is 19.8. The van der Waals surface area contributed by atoms with Gasteiger partial charge in [0.2, 0.25) is 6.33 Å². The molecule has 0 bridgehead atoms. The smallest absolute Gasteiger partial charge is 0.248 e. The van der Waals surface area contributed by atoms with E-state index in [1.807, 2.05) is 0 Å². The van der Waals surface area contributed by atoms with E-state index in [0.29, 0.717) is 0 Å². The van der Waals surface area contributed by atoms with E-state index in [1.165, 1.54) is 34.7 Å². The van der Waals surface area contributed by atoms with Crippen LogP contribution in [0.2, 0.25) is 0 Å². The van der Waals surface area contributed by atoms with E-state index in [9.17, 15) is 0 Å². The molecule has 0 aliphatic rings. The summed E-state index contributed by atoms with van der Waals surface area (Å²) in [7, 11) is -0.426. The van der Waals surface area contributed by atoms with E-state index in [4.69, 9.17) is 0 Å². The Morgan fingerprint density at radius 2 is 1.50 bits per heavy atom. The molecular weight excluding hydrogens is 451 g/mol. The second kappa shape index (κ2) is 11.2. The maximum absolute atomic E-state index is 2.34. The third-order valence-corrected chi connectivity index (χ3v) is 7.67. The van der Waals surface area contributed by atoms with Crippen LogP contribution in [0.25, 0.3) is 5.69 Å². The van der Waals surface area contributed by atoms with Crippen molar-refractivity contribution in [1.29, 1.82) is 0 Å². The highest BCUT2D eigenvalue weighted by Gasteiger charge is 2.15. The Bertz CT molecular complexity index is 992. The van der Waals surface area contributed by atoms with E-state index in [-0.39, 0.29) is 17.0 Å². The molecule has 0 N–H and O–H groups in total. The molecule has 0 saturated heterocycles. The van der Waals surface area contributed by atoms with E-state index in [1.54, 1.807) is 0 Å². The lowest BCUT2D eigenvalue weighted by atomic mass is 10.2. The summed E-state index contributed by atoms with van der Waals surface area (Å²) in [4.78, 5) is 0. The normalized spacial score (nSPS) is 10.7. The summed E-state index contributed by atoms with van der Waals surface area (Å²) in [5, 5.41) is 2.86. The van der Waals surface area contributed by atoms with E-state index in [2.05, 4.69) is 120 Å². The van der Waals surface area contributed by atoms with Crippen molar-refractivity contribution in [3.63, 3.8) is 0 Å². The molecule has 0 amide bonds. The van der Waals surface area contributed by atoms with Crippen molar-refractivity contribution in [2.24, 2.45) is 0 Å². The van der Waals surface area contributed by atoms with Crippen LogP contribution in [0.4, 0.5) is 0 Å². The minimum absolute atomic E-state index is 0. The lowest BCUT2D eigenvalue weighted by Gasteiger charge is -2.19. The Kier molecular flexibility index (Phi) is 8.42. The Morgan fingerprint density at radius 1 is 0.833 bits per heavy atom. The van der Waals surface area contributed by atoms with Gasteiger partial charge in [-0.1, -0.05) is 86.1 Å². The first kappa shape index (κ1) is 22.5. The highest BCUT2D eigenvalue weighted by Crippen LogP contribution is 2.38. The quantitative estimate of drug-likeness (QED) is 0.271. The molecule has 0 aliphatic heterocycles. The number of imidazole rings is 1. The SMILES string of the molecule is CCCC[n+]1ccn(-c2cccc(CP(c3ccccc3)c3ccccc3)c2)c1.[Br-]. The average molecular weight is 479 g/mol. The molecule has 154 valence electrons. The van der Waals surface area contributed by atoms with Crippen LogP contribution in [-0.4, -0.2) is 4.57 Å². The first-order chi connectivity index (χ1) is 14.3. The molecule has 2 nitrogen and oxygen atoms in total. The molecule has 0 aliphatic carbocycles. The fourth-order valence-corrected chi connectivity index (χ4v) is 5.85. The standard InChI is InChI=1S/C26H28N2P.BrH/c1-2-3-17-27-18-19-28(22-27)24-12-10-11-23(20-24)21-29(25-13-6-4-7-14-25)26-15-8-5-9-16-26;/h4-16,18-20,22H,2-3,17,21H2,1H3;1H/q+1;/p-1. The van der Waals surface area contributed by atoms with Gasteiger partial charge in [0.25, 0.3) is 0 Å². The van der Waals surface area contributed by atoms with Gasteiger partial charge in [0.15, 0.2) is 0 Å². The summed E-state index contributed by atoms with van der Waals surface area (Å²) in [5.74, 6) is 0. The van der Waals surface area contributed by atoms with Crippen LogP contribution in [0.3, 0.4) is 0 Å². The van der Waals surface area contributed by atoms with Gasteiger partial charge in [-0.05, 0) is 42.6 Å². The maximum atomic E-state index is 2.34. The van der Waals surface area contributed by atoms with Gasteiger partial charge in [0.1, 0.15) is 18.1 Å². The Balaban J connectivity index is 0.00000256. The summed E-state index contributed by atoms with van der Waals surface area (Å²) in [5.41, 5.74) is 2.61. The van der Waals surface area contributed by atoms with Gasteiger partial charge in [0.05, 0.1) is 6.54 Å². The Labute approximate surface area is 191 Å². The number of aromatic nitrogens is 2. The van der Waals surface area contributed by atoms with Crippen LogP contribution >= 0.6 is 7.92 Å². The number of aryl methyl sites for hydroxylation is 1. The topological polar surface area (TPSA) is 8.81 Å². The zero-order chi connectivity index (χ0) is 19.9. The lowest BCUT2D eigenvalue weighted by Crippen LogP contribution is -3.00. The molecule has 0 radical (unpaired) electrons. The van der Waals surface area contributed by atoms with Crippen LogP contribution < -0.4 is 32.2 Å². The fourth-order valence-electron chi connectivity index (χ4n) is 3.57. The van der Waals surface area contributed by atoms with Gasteiger partial charge in [-0.3, -0.25) is 0 Å². The molecule has 1 heterocycles. The van der Waals surface area contributed by atoms with Crippen LogP contribution in [-0.2, 0) is 12.7 Å². The van der Waals surface area contributed by atoms with Crippen LogP contribution in [0, 0.1) is 0 Å². The van der Waals surface area contributed by atoms with Crippen molar-refractivity contribution in [3.05, 3.63) is 109 Å². The molecule has 0 spiro atoms. The predicted octanol–water partition coefficient (Wildman–Crippen LogP) is 2.20. The van der Waals surface area contributed by atoms with Crippen molar-refractivity contribution in [3.8, 4) is 5.69 Å². The van der Waals surface area contributed by atoms with Crippen molar-refractivity contribution in [1.82, 2.24) is 4.57 Å². The minimum Gasteiger partial charge on any atom is -1.00 e. The van der Waals surface area contributed by atoms with Gasteiger partial charge in [-0.2, -0.15) is 0 Å². The number of unbranched alkanes of at least 4 members (excludes halogenated alkanes) is 1. The number of benzene rings is 3. The van der Waals surface area contributed by atoms with Gasteiger partial charge in [-0.25, -0.2) is 9.13 Å². The third kappa shape index (κ3) is 5.68. The zero-order valence-electron chi connectivity index (χ0n) is 17.4. The molecule has 4 aromatic rings. The molecule has 0 fully saturated rings. The second-order valence-corrected chi connectivity index (χ2v) is 9.54. The first-order valence-corrected chi connectivity index (χ1v) is 11.9. The molecule has 30 heavy (non-hydrogen) atoms. The average Bonchev–Trinajstić information content (AvgIpc) is 3.26. The highest BCUT2D eigenvalue weighted by molar-refractivity contribution is 7.72. The molecule has 4 rings (SSSR count). The van der Waals surface area contributed by atoms with Crippen molar-refractivity contribution in [2.75, 3.05) is 0 Å². The van der Waals surface area contributed by atoms with Gasteiger partial charge < -0.3 is 17.0 Å². The maximum Gasteiger partial charge on any atom is 0.248 e. The summed E-state index contributed by atoms with van der Waals surface area (Å²) in [6, 6.07) is 30.9.